The predicted molar refractivity (Wildman–Crippen MR) is 84.2 cm³/mol. The van der Waals surface area contributed by atoms with Crippen LogP contribution in [0.3, 0.4) is 0 Å². The molecule has 9 N–H and O–H groups in total. The zero-order chi connectivity index (χ0) is 20.4. The molecule has 0 aromatic heterocycles. The molecule has 4 amide bonds. The lowest BCUT2D eigenvalue weighted by Crippen LogP contribution is -2.53. The molecule has 0 aromatic rings. The molecule has 0 aliphatic heterocycles. The largest absolute Gasteiger partial charge is 0.481 e. The highest BCUT2D eigenvalue weighted by atomic mass is 16.4. The van der Waals surface area contributed by atoms with Crippen molar-refractivity contribution >= 4 is 35.6 Å². The highest BCUT2D eigenvalue weighted by Crippen LogP contribution is 1.95. The van der Waals surface area contributed by atoms with E-state index in [0.717, 1.165) is 0 Å². The van der Waals surface area contributed by atoms with Gasteiger partial charge in [-0.2, -0.15) is 0 Å². The number of rotatable bonds is 11. The second kappa shape index (κ2) is 10.6. The van der Waals surface area contributed by atoms with E-state index in [-0.39, 0.29) is 0 Å². The Morgan fingerprint density at radius 1 is 0.923 bits per heavy atom. The number of carboxylic acid groups (broad SMARTS) is 2. The number of aliphatic carboxylic acids is 2. The summed E-state index contributed by atoms with van der Waals surface area (Å²) in [6, 6.07) is -4.06. The van der Waals surface area contributed by atoms with Crippen molar-refractivity contribution in [3.8, 4) is 0 Å². The van der Waals surface area contributed by atoms with Crippen LogP contribution < -0.4 is 27.4 Å². The molecule has 0 saturated carbocycles. The predicted octanol–water partition coefficient (Wildman–Crippen LogP) is -4.15. The van der Waals surface area contributed by atoms with Crippen LogP contribution in [-0.2, 0) is 28.8 Å². The van der Waals surface area contributed by atoms with Crippen molar-refractivity contribution in [1.29, 1.82) is 0 Å². The van der Waals surface area contributed by atoms with Crippen molar-refractivity contribution in [2.75, 3.05) is 6.54 Å². The van der Waals surface area contributed by atoms with Gasteiger partial charge in [-0.1, -0.05) is 0 Å². The van der Waals surface area contributed by atoms with E-state index in [1.165, 1.54) is 6.92 Å². The number of carbonyl (C=O) groups excluding carboxylic acids is 4. The van der Waals surface area contributed by atoms with Crippen molar-refractivity contribution in [2.24, 2.45) is 11.5 Å². The minimum absolute atomic E-state index is 0.652. The number of hydrogen-bond donors (Lipinski definition) is 7. The Bertz CT molecular complexity index is 591. The number of hydrogen-bond acceptors (Lipinski definition) is 7. The molecule has 0 saturated heterocycles. The third-order valence-electron chi connectivity index (χ3n) is 2.89. The van der Waals surface area contributed by atoms with Crippen LogP contribution in [0, 0.1) is 0 Å². The zero-order valence-corrected chi connectivity index (χ0v) is 13.9. The molecule has 26 heavy (non-hydrogen) atoms. The van der Waals surface area contributed by atoms with E-state index in [1.807, 2.05) is 5.32 Å². The van der Waals surface area contributed by atoms with Crippen LogP contribution in [0.5, 0.6) is 0 Å². The molecule has 146 valence electrons. The summed E-state index contributed by atoms with van der Waals surface area (Å²) in [6.45, 7) is 0.606. The SMILES string of the molecule is CC(N)C(=O)NC(CC(=O)O)C(=O)NCC(=O)NC(CC(N)=O)C(=O)O. The monoisotopic (exact) mass is 375 g/mol. The van der Waals surface area contributed by atoms with Crippen LogP contribution in [0.4, 0.5) is 0 Å². The topological polar surface area (TPSA) is 231 Å². The lowest BCUT2D eigenvalue weighted by Gasteiger charge is -2.18. The molecule has 0 fully saturated rings. The molecule has 0 radical (unpaired) electrons. The molecule has 13 heteroatoms. The van der Waals surface area contributed by atoms with Gasteiger partial charge in [0.2, 0.25) is 23.6 Å². The van der Waals surface area contributed by atoms with Gasteiger partial charge >= 0.3 is 11.9 Å². The number of nitrogens with one attached hydrogen (secondary N) is 3. The summed E-state index contributed by atoms with van der Waals surface area (Å²) >= 11 is 0. The first-order chi connectivity index (χ1) is 11.9. The molecule has 3 atom stereocenters. The standard InChI is InChI=1S/C13H21N5O8/c1-5(14)11(23)18-6(3-10(21)22)12(24)16-4-9(20)17-7(13(25)26)2-8(15)19/h5-7H,2-4,14H2,1H3,(H2,15,19)(H,16,24)(H,17,20)(H,18,23)(H,21,22)(H,25,26). The fraction of sp³-hybridized carbons (Fsp3) is 0.538. The average molecular weight is 375 g/mol. The Morgan fingerprint density at radius 2 is 1.50 bits per heavy atom. The molecule has 0 bridgehead atoms. The molecule has 0 aliphatic carbocycles. The Hall–Kier alpha value is -3.22. The number of primary amides is 1. The number of nitrogens with two attached hydrogens (primary N) is 2. The smallest absolute Gasteiger partial charge is 0.326 e. The number of carboxylic acids is 2. The third kappa shape index (κ3) is 9.17. The summed E-state index contributed by atoms with van der Waals surface area (Å²) in [5, 5.41) is 23.8. The van der Waals surface area contributed by atoms with Gasteiger partial charge in [-0.15, -0.1) is 0 Å². The normalized spacial score (nSPS) is 13.6. The molecule has 0 heterocycles. The van der Waals surface area contributed by atoms with Gasteiger partial charge in [0.15, 0.2) is 0 Å². The van der Waals surface area contributed by atoms with E-state index in [1.54, 1.807) is 0 Å². The van der Waals surface area contributed by atoms with Gasteiger partial charge in [0.1, 0.15) is 12.1 Å². The summed E-state index contributed by atoms with van der Waals surface area (Å²) in [7, 11) is 0. The van der Waals surface area contributed by atoms with Crippen LogP contribution in [0.2, 0.25) is 0 Å². The van der Waals surface area contributed by atoms with Gasteiger partial charge in [0.05, 0.1) is 25.4 Å². The van der Waals surface area contributed by atoms with E-state index in [2.05, 4.69) is 10.6 Å². The van der Waals surface area contributed by atoms with Crippen molar-refractivity contribution in [3.63, 3.8) is 0 Å². The average Bonchev–Trinajstić information content (AvgIpc) is 2.50. The van der Waals surface area contributed by atoms with Crippen LogP contribution in [0.15, 0.2) is 0 Å². The van der Waals surface area contributed by atoms with Crippen molar-refractivity contribution < 1.29 is 39.0 Å². The van der Waals surface area contributed by atoms with E-state index in [4.69, 9.17) is 21.7 Å². The first-order valence-corrected chi connectivity index (χ1v) is 7.30. The minimum Gasteiger partial charge on any atom is -0.481 e. The summed E-state index contributed by atoms with van der Waals surface area (Å²) in [4.78, 5) is 67.5. The van der Waals surface area contributed by atoms with Gasteiger partial charge in [-0.05, 0) is 6.92 Å². The van der Waals surface area contributed by atoms with E-state index in [9.17, 15) is 28.8 Å². The van der Waals surface area contributed by atoms with Crippen molar-refractivity contribution in [3.05, 3.63) is 0 Å². The number of carbonyl (C=O) groups is 6. The highest BCUT2D eigenvalue weighted by molar-refractivity contribution is 5.94. The fourth-order valence-electron chi connectivity index (χ4n) is 1.62. The lowest BCUT2D eigenvalue weighted by atomic mass is 10.1. The lowest BCUT2D eigenvalue weighted by molar-refractivity contribution is -0.143. The Morgan fingerprint density at radius 3 is 1.92 bits per heavy atom. The summed E-state index contributed by atoms with van der Waals surface area (Å²) in [5.74, 6) is -6.56. The van der Waals surface area contributed by atoms with E-state index < -0.39 is 73.1 Å². The van der Waals surface area contributed by atoms with Gasteiger partial charge in [-0.25, -0.2) is 4.79 Å². The Kier molecular flexibility index (Phi) is 9.29. The first kappa shape index (κ1) is 22.8. The quantitative estimate of drug-likeness (QED) is 0.185. The molecule has 13 nitrogen and oxygen atoms in total. The second-order valence-electron chi connectivity index (χ2n) is 5.29. The van der Waals surface area contributed by atoms with Crippen LogP contribution >= 0.6 is 0 Å². The third-order valence-corrected chi connectivity index (χ3v) is 2.89. The molecule has 0 aliphatic rings. The van der Waals surface area contributed by atoms with E-state index in [0.29, 0.717) is 0 Å². The summed E-state index contributed by atoms with van der Waals surface area (Å²) in [5.41, 5.74) is 10.2. The zero-order valence-electron chi connectivity index (χ0n) is 13.9. The molecular formula is C13H21N5O8. The summed E-state index contributed by atoms with van der Waals surface area (Å²) < 4.78 is 0. The van der Waals surface area contributed by atoms with Crippen molar-refractivity contribution in [2.45, 2.75) is 37.9 Å². The Balaban J connectivity index is 4.75. The highest BCUT2D eigenvalue weighted by Gasteiger charge is 2.26. The molecule has 0 spiro atoms. The maximum Gasteiger partial charge on any atom is 0.326 e. The maximum absolute atomic E-state index is 11.9. The van der Waals surface area contributed by atoms with Crippen LogP contribution in [0.1, 0.15) is 19.8 Å². The van der Waals surface area contributed by atoms with Crippen molar-refractivity contribution in [1.82, 2.24) is 16.0 Å². The molecule has 3 unspecified atom stereocenters. The fourth-order valence-corrected chi connectivity index (χ4v) is 1.62. The second-order valence-corrected chi connectivity index (χ2v) is 5.29. The molecule has 0 rings (SSSR count). The number of amides is 4. The summed E-state index contributed by atoms with van der Waals surface area (Å²) in [6.07, 6.45) is -1.41. The van der Waals surface area contributed by atoms with Crippen LogP contribution in [0.25, 0.3) is 0 Å². The van der Waals surface area contributed by atoms with Gasteiger partial charge in [0, 0.05) is 0 Å². The molecular weight excluding hydrogens is 354 g/mol. The maximum atomic E-state index is 11.9. The van der Waals surface area contributed by atoms with Crippen LogP contribution in [-0.4, -0.2) is 70.5 Å². The van der Waals surface area contributed by atoms with Gasteiger partial charge in [0.25, 0.3) is 0 Å². The van der Waals surface area contributed by atoms with E-state index >= 15 is 0 Å². The Labute approximate surface area is 147 Å². The minimum atomic E-state index is -1.58. The first-order valence-electron chi connectivity index (χ1n) is 7.30. The van der Waals surface area contributed by atoms with Gasteiger partial charge in [-0.3, -0.25) is 24.0 Å². The van der Waals surface area contributed by atoms with Gasteiger partial charge < -0.3 is 37.6 Å². The molecule has 0 aromatic carbocycles.